The van der Waals surface area contributed by atoms with Gasteiger partial charge in [0, 0.05) is 26.1 Å². The molecule has 23 heavy (non-hydrogen) atoms. The number of hydrogen-bond donors (Lipinski definition) is 1. The second-order valence-electron chi connectivity index (χ2n) is 5.66. The van der Waals surface area contributed by atoms with E-state index in [1.807, 2.05) is 13.0 Å². The van der Waals surface area contributed by atoms with Crippen LogP contribution >= 0.6 is 15.9 Å². The zero-order valence-corrected chi connectivity index (χ0v) is 14.4. The number of aromatic nitrogens is 1. The van der Waals surface area contributed by atoms with Crippen LogP contribution in [0.25, 0.3) is 38.2 Å². The zero-order valence-electron chi connectivity index (χ0n) is 12.9. The normalized spacial score (nSPS) is 12.3. The van der Waals surface area contributed by atoms with Gasteiger partial charge >= 0.3 is 0 Å². The van der Waals surface area contributed by atoms with Gasteiger partial charge in [-0.3, -0.25) is 0 Å². The summed E-state index contributed by atoms with van der Waals surface area (Å²) in [5.41, 5.74) is 4.63. The van der Waals surface area contributed by atoms with E-state index in [4.69, 9.17) is 0 Å². The number of hydrogen-bond acceptors (Lipinski definition) is 0. The topological polar surface area (TPSA) is 15.8 Å². The van der Waals surface area contributed by atoms with Crippen LogP contribution in [0.15, 0.2) is 71.7 Å². The van der Waals surface area contributed by atoms with Gasteiger partial charge in [0.1, 0.15) is 0 Å². The molecule has 1 aromatic heterocycles. The largest absolute Gasteiger partial charge is 0.354 e. The van der Waals surface area contributed by atoms with Crippen molar-refractivity contribution >= 4 is 54.1 Å². The lowest BCUT2D eigenvalue weighted by Crippen LogP contribution is -1.82. The first kappa shape index (κ1) is 14.3. The Morgan fingerprint density at radius 2 is 1.91 bits per heavy atom. The number of aromatic amines is 1. The van der Waals surface area contributed by atoms with Crippen LogP contribution < -0.4 is 0 Å². The minimum atomic E-state index is 1.10. The number of fused-ring (bicyclic) bond motifs is 5. The molecule has 3 aromatic carbocycles. The first-order chi connectivity index (χ1) is 11.2. The highest BCUT2D eigenvalue weighted by molar-refractivity contribution is 9.10. The van der Waals surface area contributed by atoms with Gasteiger partial charge in [-0.05, 0) is 35.6 Å². The summed E-state index contributed by atoms with van der Waals surface area (Å²) in [6.45, 7) is 5.94. The number of allylic oxidation sites excluding steroid dienone is 3. The molecule has 0 unspecified atom stereocenters. The summed E-state index contributed by atoms with van der Waals surface area (Å²) in [5.74, 6) is 0. The molecule has 0 atom stereocenters. The first-order valence-electron chi connectivity index (χ1n) is 7.64. The molecule has 1 N–H and O–H groups in total. The van der Waals surface area contributed by atoms with Gasteiger partial charge in [-0.25, -0.2) is 0 Å². The number of H-pyrrole nitrogens is 1. The van der Waals surface area contributed by atoms with Gasteiger partial charge in [0.15, 0.2) is 0 Å². The highest BCUT2D eigenvalue weighted by Crippen LogP contribution is 2.37. The van der Waals surface area contributed by atoms with E-state index in [2.05, 4.69) is 82.1 Å². The zero-order chi connectivity index (χ0) is 16.0. The van der Waals surface area contributed by atoms with Crippen molar-refractivity contribution in [1.82, 2.24) is 4.98 Å². The van der Waals surface area contributed by atoms with Crippen molar-refractivity contribution in [2.75, 3.05) is 0 Å². The SMILES string of the molecule is C=C/C(=C\C)c1cc(Br)c2c(c1)[nH]c1c3ccccc3ccc12. The van der Waals surface area contributed by atoms with E-state index >= 15 is 0 Å². The van der Waals surface area contributed by atoms with Crippen LogP contribution in [0.1, 0.15) is 12.5 Å². The fourth-order valence-corrected chi connectivity index (χ4v) is 3.97. The maximum atomic E-state index is 3.91. The van der Waals surface area contributed by atoms with Gasteiger partial charge < -0.3 is 4.98 Å². The van der Waals surface area contributed by atoms with Crippen LogP contribution in [0.3, 0.4) is 0 Å². The van der Waals surface area contributed by atoms with Gasteiger partial charge in [-0.2, -0.15) is 0 Å². The summed E-state index contributed by atoms with van der Waals surface area (Å²) in [7, 11) is 0. The summed E-state index contributed by atoms with van der Waals surface area (Å²) in [6, 6.07) is 17.2. The van der Waals surface area contributed by atoms with Gasteiger partial charge in [-0.1, -0.05) is 71.1 Å². The minimum absolute atomic E-state index is 1.10. The predicted molar refractivity (Wildman–Crippen MR) is 105 cm³/mol. The van der Waals surface area contributed by atoms with Crippen LogP contribution in [-0.2, 0) is 0 Å². The minimum Gasteiger partial charge on any atom is -0.354 e. The molecule has 0 radical (unpaired) electrons. The van der Waals surface area contributed by atoms with E-state index < -0.39 is 0 Å². The van der Waals surface area contributed by atoms with E-state index in [1.54, 1.807) is 0 Å². The molecule has 0 aliphatic rings. The monoisotopic (exact) mass is 361 g/mol. The quantitative estimate of drug-likeness (QED) is 0.376. The third kappa shape index (κ3) is 2.13. The van der Waals surface area contributed by atoms with Gasteiger partial charge in [0.05, 0.1) is 5.52 Å². The molecule has 0 saturated heterocycles. The van der Waals surface area contributed by atoms with Crippen molar-refractivity contribution in [2.24, 2.45) is 0 Å². The highest BCUT2D eigenvalue weighted by Gasteiger charge is 2.12. The molecular formula is C21H16BrN. The summed E-state index contributed by atoms with van der Waals surface area (Å²) in [5, 5.41) is 4.99. The summed E-state index contributed by atoms with van der Waals surface area (Å²) < 4.78 is 1.10. The van der Waals surface area contributed by atoms with Crippen molar-refractivity contribution in [1.29, 1.82) is 0 Å². The second-order valence-corrected chi connectivity index (χ2v) is 6.52. The van der Waals surface area contributed by atoms with Gasteiger partial charge in [0.2, 0.25) is 0 Å². The Labute approximate surface area is 143 Å². The molecular weight excluding hydrogens is 346 g/mol. The second kappa shape index (κ2) is 5.39. The summed E-state index contributed by atoms with van der Waals surface area (Å²) >= 11 is 3.76. The number of nitrogens with one attached hydrogen (secondary N) is 1. The lowest BCUT2D eigenvalue weighted by molar-refractivity contribution is 1.54. The van der Waals surface area contributed by atoms with E-state index in [0.29, 0.717) is 0 Å². The Morgan fingerprint density at radius 1 is 1.09 bits per heavy atom. The lowest BCUT2D eigenvalue weighted by atomic mass is 10.0. The molecule has 0 bridgehead atoms. The molecule has 0 saturated carbocycles. The van der Waals surface area contributed by atoms with Crippen LogP contribution in [0, 0.1) is 0 Å². The lowest BCUT2D eigenvalue weighted by Gasteiger charge is -2.04. The Balaban J connectivity index is 2.14. The van der Waals surface area contributed by atoms with Crippen molar-refractivity contribution in [3.8, 4) is 0 Å². The van der Waals surface area contributed by atoms with E-state index in [1.165, 1.54) is 27.1 Å². The third-order valence-electron chi connectivity index (χ3n) is 4.41. The van der Waals surface area contributed by atoms with Crippen LogP contribution in [0.4, 0.5) is 0 Å². The molecule has 0 aliphatic heterocycles. The van der Waals surface area contributed by atoms with Crippen molar-refractivity contribution in [2.45, 2.75) is 6.92 Å². The molecule has 0 spiro atoms. The average molecular weight is 362 g/mol. The molecule has 2 heteroatoms. The van der Waals surface area contributed by atoms with Crippen LogP contribution in [0.5, 0.6) is 0 Å². The predicted octanol–water partition coefficient (Wildman–Crippen LogP) is 6.83. The highest BCUT2D eigenvalue weighted by atomic mass is 79.9. The molecule has 0 amide bonds. The first-order valence-corrected chi connectivity index (χ1v) is 8.44. The van der Waals surface area contributed by atoms with E-state index in [0.717, 1.165) is 21.1 Å². The summed E-state index contributed by atoms with van der Waals surface area (Å²) in [6.07, 6.45) is 3.98. The maximum absolute atomic E-state index is 3.91. The molecule has 4 rings (SSSR count). The summed E-state index contributed by atoms with van der Waals surface area (Å²) in [4.78, 5) is 3.61. The van der Waals surface area contributed by atoms with Crippen molar-refractivity contribution in [3.63, 3.8) is 0 Å². The number of halogens is 1. The van der Waals surface area contributed by atoms with E-state index in [9.17, 15) is 0 Å². The molecule has 0 fully saturated rings. The molecule has 4 aromatic rings. The number of rotatable bonds is 2. The molecule has 1 nitrogen and oxygen atoms in total. The van der Waals surface area contributed by atoms with Gasteiger partial charge in [0.25, 0.3) is 0 Å². The van der Waals surface area contributed by atoms with Gasteiger partial charge in [-0.15, -0.1) is 0 Å². The average Bonchev–Trinajstić information content (AvgIpc) is 2.95. The maximum Gasteiger partial charge on any atom is 0.0544 e. The smallest absolute Gasteiger partial charge is 0.0544 e. The van der Waals surface area contributed by atoms with Crippen molar-refractivity contribution < 1.29 is 0 Å². The molecule has 112 valence electrons. The Morgan fingerprint density at radius 3 is 2.70 bits per heavy atom. The fraction of sp³-hybridized carbons (Fsp3) is 0.0476. The third-order valence-corrected chi connectivity index (χ3v) is 5.04. The Kier molecular flexibility index (Phi) is 3.35. The van der Waals surface area contributed by atoms with Crippen LogP contribution in [0.2, 0.25) is 0 Å². The standard InChI is InChI=1S/C21H16BrN/c1-3-13(4-2)15-11-18(22)20-17-10-9-14-7-5-6-8-16(14)21(17)23-19(20)12-15/h3-12,23H,1H2,2H3/b13-4+. The molecule has 1 heterocycles. The van der Waals surface area contributed by atoms with E-state index in [-0.39, 0.29) is 0 Å². The molecule has 0 aliphatic carbocycles. The Bertz CT molecular complexity index is 1100. The van der Waals surface area contributed by atoms with Crippen LogP contribution in [-0.4, -0.2) is 4.98 Å². The Hall–Kier alpha value is -2.32. The van der Waals surface area contributed by atoms with Crippen molar-refractivity contribution in [3.05, 3.63) is 77.3 Å². The number of benzene rings is 3. The fourth-order valence-electron chi connectivity index (χ4n) is 3.30.